The minimum atomic E-state index is 0.488. The van der Waals surface area contributed by atoms with E-state index in [0.717, 1.165) is 17.4 Å². The minimum Gasteiger partial charge on any atom is -0.337 e. The van der Waals surface area contributed by atoms with Crippen LogP contribution in [0.25, 0.3) is 0 Å². The summed E-state index contributed by atoms with van der Waals surface area (Å²) in [5, 5.41) is 4.02. The highest BCUT2D eigenvalue weighted by Crippen LogP contribution is 2.31. The Morgan fingerprint density at radius 3 is 2.86 bits per heavy atom. The monoisotopic (exact) mass is 245 g/mol. The van der Waals surface area contributed by atoms with Crippen LogP contribution in [-0.2, 0) is 0 Å². The lowest BCUT2D eigenvalue weighted by molar-refractivity contribution is 1.45. The molecule has 0 aliphatic rings. The molecule has 1 aromatic heterocycles. The lowest BCUT2D eigenvalue weighted by Gasteiger charge is -2.05. The number of hydrogen-bond acceptors (Lipinski definition) is 4. The number of anilines is 2. The Hall–Kier alpha value is -0.840. The maximum absolute atomic E-state index is 5.97. The van der Waals surface area contributed by atoms with Gasteiger partial charge in [-0.15, -0.1) is 0 Å². The van der Waals surface area contributed by atoms with Crippen LogP contribution in [0.2, 0.25) is 10.0 Å². The van der Waals surface area contributed by atoms with Crippen LogP contribution in [0, 0.1) is 0 Å². The maximum atomic E-state index is 5.97. The lowest BCUT2D eigenvalue weighted by atomic mass is 10.3. The van der Waals surface area contributed by atoms with Crippen LogP contribution in [0.1, 0.15) is 0 Å². The number of nitrogens with zero attached hydrogens (tertiary/aromatic N) is 2. The fraction of sp³-hybridized carbons (Fsp3) is 0. The Labute approximate surface area is 95.0 Å². The van der Waals surface area contributed by atoms with Crippen molar-refractivity contribution in [3.05, 3.63) is 34.4 Å². The van der Waals surface area contributed by atoms with Crippen LogP contribution in [0.5, 0.6) is 0 Å². The third-order valence-corrected chi connectivity index (χ3v) is 2.87. The lowest BCUT2D eigenvalue weighted by Crippen LogP contribution is -1.90. The van der Waals surface area contributed by atoms with E-state index in [4.69, 9.17) is 23.2 Å². The molecule has 0 radical (unpaired) electrons. The van der Waals surface area contributed by atoms with Gasteiger partial charge in [0.05, 0.1) is 33.7 Å². The zero-order valence-electron chi connectivity index (χ0n) is 6.87. The first-order valence-corrected chi connectivity index (χ1v) is 5.24. The van der Waals surface area contributed by atoms with Gasteiger partial charge in [0.2, 0.25) is 0 Å². The number of rotatable bonds is 2. The molecule has 0 spiro atoms. The van der Waals surface area contributed by atoms with Gasteiger partial charge in [-0.05, 0) is 12.1 Å². The molecule has 2 aromatic rings. The van der Waals surface area contributed by atoms with Gasteiger partial charge >= 0.3 is 0 Å². The molecule has 2 rings (SSSR count). The van der Waals surface area contributed by atoms with Crippen molar-refractivity contribution in [1.29, 1.82) is 0 Å². The van der Waals surface area contributed by atoms with E-state index in [9.17, 15) is 0 Å². The molecule has 0 atom stereocenters. The van der Waals surface area contributed by atoms with E-state index >= 15 is 0 Å². The van der Waals surface area contributed by atoms with Gasteiger partial charge in [-0.25, -0.2) is 0 Å². The van der Waals surface area contributed by atoms with Gasteiger partial charge in [0.25, 0.3) is 0 Å². The second-order valence-electron chi connectivity index (χ2n) is 2.52. The highest BCUT2D eigenvalue weighted by Gasteiger charge is 2.05. The molecule has 0 unspecified atom stereocenters. The Bertz CT molecular complexity index is 430. The Morgan fingerprint density at radius 1 is 1.29 bits per heavy atom. The topological polar surface area (TPSA) is 37.8 Å². The van der Waals surface area contributed by atoms with E-state index in [1.807, 2.05) is 12.1 Å². The molecule has 0 saturated carbocycles. The van der Waals surface area contributed by atoms with E-state index in [1.54, 1.807) is 12.3 Å². The third-order valence-electron chi connectivity index (χ3n) is 1.58. The number of halogens is 2. The first-order chi connectivity index (χ1) is 6.77. The van der Waals surface area contributed by atoms with Crippen molar-refractivity contribution in [1.82, 2.24) is 8.75 Å². The van der Waals surface area contributed by atoms with Crippen molar-refractivity contribution in [2.45, 2.75) is 0 Å². The molecule has 0 aliphatic heterocycles. The molecular formula is C8H5Cl2N3S. The van der Waals surface area contributed by atoms with Crippen molar-refractivity contribution in [2.75, 3.05) is 5.32 Å². The molecule has 14 heavy (non-hydrogen) atoms. The Morgan fingerprint density at radius 2 is 2.14 bits per heavy atom. The van der Waals surface area contributed by atoms with E-state index in [2.05, 4.69) is 14.1 Å². The molecule has 72 valence electrons. The van der Waals surface area contributed by atoms with Gasteiger partial charge in [0.1, 0.15) is 0 Å². The minimum absolute atomic E-state index is 0.488. The van der Waals surface area contributed by atoms with Crippen LogP contribution >= 0.6 is 34.9 Å². The number of aromatic nitrogens is 2. The van der Waals surface area contributed by atoms with Crippen LogP contribution in [0.3, 0.4) is 0 Å². The van der Waals surface area contributed by atoms with Crippen LogP contribution in [0.4, 0.5) is 11.5 Å². The molecule has 6 heteroatoms. The summed E-state index contributed by atoms with van der Waals surface area (Å²) in [6, 6.07) is 5.37. The van der Waals surface area contributed by atoms with Gasteiger partial charge in [0, 0.05) is 0 Å². The Kier molecular flexibility index (Phi) is 2.86. The zero-order chi connectivity index (χ0) is 9.97. The second-order valence-corrected chi connectivity index (χ2v) is 3.86. The summed E-state index contributed by atoms with van der Waals surface area (Å²) in [5.41, 5.74) is 0.729. The van der Waals surface area contributed by atoms with Crippen molar-refractivity contribution in [3.63, 3.8) is 0 Å². The van der Waals surface area contributed by atoms with E-state index in [-0.39, 0.29) is 0 Å². The van der Waals surface area contributed by atoms with E-state index in [0.29, 0.717) is 15.9 Å². The van der Waals surface area contributed by atoms with E-state index in [1.165, 1.54) is 0 Å². The number of nitrogens with one attached hydrogen (secondary N) is 1. The van der Waals surface area contributed by atoms with Crippen molar-refractivity contribution in [3.8, 4) is 0 Å². The third kappa shape index (κ3) is 1.97. The summed E-state index contributed by atoms with van der Waals surface area (Å²) < 4.78 is 7.86. The molecule has 0 amide bonds. The summed E-state index contributed by atoms with van der Waals surface area (Å²) in [4.78, 5) is 0. The smallest absolute Gasteiger partial charge is 0.164 e. The molecule has 0 saturated heterocycles. The first-order valence-electron chi connectivity index (χ1n) is 3.76. The predicted octanol–water partition coefficient (Wildman–Crippen LogP) is 3.59. The fourth-order valence-corrected chi connectivity index (χ4v) is 1.68. The molecule has 1 N–H and O–H groups in total. The largest absolute Gasteiger partial charge is 0.337 e. The second kappa shape index (κ2) is 4.13. The van der Waals surface area contributed by atoms with Crippen molar-refractivity contribution >= 4 is 46.4 Å². The van der Waals surface area contributed by atoms with Gasteiger partial charge in [-0.2, -0.15) is 8.75 Å². The van der Waals surface area contributed by atoms with Gasteiger partial charge in [0.15, 0.2) is 5.82 Å². The molecule has 0 fully saturated rings. The SMILES string of the molecule is Clc1cccc(Nc2cnsn2)c1Cl. The molecule has 0 bridgehead atoms. The normalized spacial score (nSPS) is 10.1. The van der Waals surface area contributed by atoms with Crippen LogP contribution in [-0.4, -0.2) is 8.75 Å². The quantitative estimate of drug-likeness (QED) is 0.879. The highest BCUT2D eigenvalue weighted by molar-refractivity contribution is 6.99. The molecule has 1 aromatic carbocycles. The molecule has 1 heterocycles. The molecule has 3 nitrogen and oxygen atoms in total. The average molecular weight is 246 g/mol. The zero-order valence-corrected chi connectivity index (χ0v) is 9.20. The fourth-order valence-electron chi connectivity index (χ4n) is 0.958. The summed E-state index contributed by atoms with van der Waals surface area (Å²) in [7, 11) is 0. The van der Waals surface area contributed by atoms with Crippen molar-refractivity contribution < 1.29 is 0 Å². The number of benzene rings is 1. The van der Waals surface area contributed by atoms with Crippen LogP contribution in [0.15, 0.2) is 24.4 Å². The maximum Gasteiger partial charge on any atom is 0.164 e. The average Bonchev–Trinajstić information content (AvgIpc) is 2.66. The van der Waals surface area contributed by atoms with Crippen LogP contribution < -0.4 is 5.32 Å². The first kappa shape index (κ1) is 9.71. The number of hydrogen-bond donors (Lipinski definition) is 1. The van der Waals surface area contributed by atoms with Gasteiger partial charge < -0.3 is 5.32 Å². The summed E-state index contributed by atoms with van der Waals surface area (Å²) in [5.74, 6) is 0.666. The summed E-state index contributed by atoms with van der Waals surface area (Å²) in [6.07, 6.45) is 1.63. The van der Waals surface area contributed by atoms with E-state index < -0.39 is 0 Å². The van der Waals surface area contributed by atoms with Crippen molar-refractivity contribution in [2.24, 2.45) is 0 Å². The highest BCUT2D eigenvalue weighted by atomic mass is 35.5. The summed E-state index contributed by atoms with van der Waals surface area (Å²) in [6.45, 7) is 0. The molecule has 0 aliphatic carbocycles. The van der Waals surface area contributed by atoms with Gasteiger partial charge in [-0.3, -0.25) is 0 Å². The van der Waals surface area contributed by atoms with Gasteiger partial charge in [-0.1, -0.05) is 29.3 Å². The standard InChI is InChI=1S/C8H5Cl2N3S/c9-5-2-1-3-6(8(5)10)12-7-4-11-14-13-7/h1-4H,(H,12,13). The predicted molar refractivity (Wildman–Crippen MR) is 59.7 cm³/mol. The Balaban J connectivity index is 2.29. The molecular weight excluding hydrogens is 241 g/mol. The summed E-state index contributed by atoms with van der Waals surface area (Å²) >= 11 is 12.9.